The van der Waals surface area contributed by atoms with Gasteiger partial charge in [-0.2, -0.15) is 0 Å². The number of amides is 1. The Bertz CT molecular complexity index is 849. The zero-order chi connectivity index (χ0) is 19.4. The fourth-order valence-corrected chi connectivity index (χ4v) is 3.39. The molecule has 1 atom stereocenters. The van der Waals surface area contributed by atoms with Crippen LogP contribution in [-0.2, 0) is 4.79 Å². The average Bonchev–Trinajstić information content (AvgIpc) is 2.68. The van der Waals surface area contributed by atoms with Crippen LogP contribution in [0.15, 0.2) is 48.5 Å². The minimum absolute atomic E-state index is 0.0716. The second-order valence-corrected chi connectivity index (χ2v) is 6.94. The van der Waals surface area contributed by atoms with Crippen LogP contribution in [0.25, 0.3) is 5.57 Å². The number of carbonyl (C=O) groups is 1. The van der Waals surface area contributed by atoms with Crippen molar-refractivity contribution in [1.29, 1.82) is 0 Å². The minimum atomic E-state index is -0.261. The first-order valence-corrected chi connectivity index (χ1v) is 9.22. The maximum Gasteiger partial charge on any atom is 0.241 e. The zero-order valence-electron chi connectivity index (χ0n) is 15.4. The standard InChI is InChI=1S/C21H23ClN2O3/c1-14(21(26)23-17-5-8-20(27-2)19(22)13-17)24-11-9-16(10-12-24)15-3-6-18(25)7-4-15/h3-9,13-14,25H,10-12H2,1-2H3,(H,23,26). The molecule has 2 N–H and O–H groups in total. The molecule has 0 radical (unpaired) electrons. The van der Waals surface area contributed by atoms with E-state index < -0.39 is 0 Å². The van der Waals surface area contributed by atoms with Crippen molar-refractivity contribution in [1.82, 2.24) is 4.90 Å². The van der Waals surface area contributed by atoms with Gasteiger partial charge in [-0.05, 0) is 54.8 Å². The van der Waals surface area contributed by atoms with Gasteiger partial charge >= 0.3 is 0 Å². The zero-order valence-corrected chi connectivity index (χ0v) is 16.2. The van der Waals surface area contributed by atoms with Crippen LogP contribution in [-0.4, -0.2) is 42.2 Å². The van der Waals surface area contributed by atoms with Crippen LogP contribution < -0.4 is 10.1 Å². The monoisotopic (exact) mass is 386 g/mol. The summed E-state index contributed by atoms with van der Waals surface area (Å²) < 4.78 is 5.13. The van der Waals surface area contributed by atoms with Gasteiger partial charge < -0.3 is 15.2 Å². The van der Waals surface area contributed by atoms with Crippen LogP contribution in [0.1, 0.15) is 18.9 Å². The van der Waals surface area contributed by atoms with Crippen LogP contribution in [0.2, 0.25) is 5.02 Å². The first-order chi connectivity index (χ1) is 13.0. The molecule has 0 spiro atoms. The third-order valence-corrected chi connectivity index (χ3v) is 5.12. The van der Waals surface area contributed by atoms with Crippen molar-refractivity contribution in [3.05, 3.63) is 59.1 Å². The number of hydrogen-bond donors (Lipinski definition) is 2. The molecule has 1 unspecified atom stereocenters. The van der Waals surface area contributed by atoms with Crippen molar-refractivity contribution in [2.45, 2.75) is 19.4 Å². The third-order valence-electron chi connectivity index (χ3n) is 4.83. The Morgan fingerprint density at radius 1 is 1.26 bits per heavy atom. The molecule has 5 nitrogen and oxygen atoms in total. The smallest absolute Gasteiger partial charge is 0.241 e. The molecule has 0 aromatic heterocycles. The summed E-state index contributed by atoms with van der Waals surface area (Å²) >= 11 is 6.12. The van der Waals surface area contributed by atoms with Gasteiger partial charge in [-0.1, -0.05) is 29.8 Å². The van der Waals surface area contributed by atoms with E-state index in [1.165, 1.54) is 5.57 Å². The Kier molecular flexibility index (Phi) is 6.04. The highest BCUT2D eigenvalue weighted by atomic mass is 35.5. The first-order valence-electron chi connectivity index (χ1n) is 8.85. The predicted molar refractivity (Wildman–Crippen MR) is 108 cm³/mol. The van der Waals surface area contributed by atoms with E-state index in [4.69, 9.17) is 16.3 Å². The quantitative estimate of drug-likeness (QED) is 0.809. The van der Waals surface area contributed by atoms with E-state index in [0.29, 0.717) is 23.0 Å². The number of hydrogen-bond acceptors (Lipinski definition) is 4. The van der Waals surface area contributed by atoms with Crippen molar-refractivity contribution in [3.63, 3.8) is 0 Å². The fourth-order valence-electron chi connectivity index (χ4n) is 3.13. The van der Waals surface area contributed by atoms with Crippen molar-refractivity contribution in [2.24, 2.45) is 0 Å². The normalized spacial score (nSPS) is 15.7. The van der Waals surface area contributed by atoms with Gasteiger partial charge in [0, 0.05) is 18.8 Å². The molecule has 1 aliphatic rings. The molecule has 1 amide bonds. The van der Waals surface area contributed by atoms with E-state index in [1.807, 2.05) is 19.1 Å². The second kappa shape index (κ2) is 8.46. The molecule has 142 valence electrons. The van der Waals surface area contributed by atoms with Gasteiger partial charge in [-0.3, -0.25) is 9.69 Å². The molecule has 0 aliphatic carbocycles. The van der Waals surface area contributed by atoms with Crippen LogP contribution in [0.4, 0.5) is 5.69 Å². The lowest BCUT2D eigenvalue weighted by Gasteiger charge is -2.31. The molecule has 0 bridgehead atoms. The number of methoxy groups -OCH3 is 1. The van der Waals surface area contributed by atoms with E-state index in [0.717, 1.165) is 18.5 Å². The number of benzene rings is 2. The molecule has 0 fully saturated rings. The van der Waals surface area contributed by atoms with Crippen LogP contribution in [0.3, 0.4) is 0 Å². The number of rotatable bonds is 5. The summed E-state index contributed by atoms with van der Waals surface area (Å²) in [6.07, 6.45) is 3.00. The van der Waals surface area contributed by atoms with Crippen molar-refractivity contribution in [2.75, 3.05) is 25.5 Å². The summed E-state index contributed by atoms with van der Waals surface area (Å²) in [6, 6.07) is 12.1. The first kappa shape index (κ1) is 19.3. The van der Waals surface area contributed by atoms with Gasteiger partial charge in [0.25, 0.3) is 0 Å². The lowest BCUT2D eigenvalue weighted by Crippen LogP contribution is -2.44. The largest absolute Gasteiger partial charge is 0.508 e. The molecule has 1 aliphatic heterocycles. The van der Waals surface area contributed by atoms with E-state index in [1.54, 1.807) is 37.4 Å². The van der Waals surface area contributed by atoms with Crippen LogP contribution in [0.5, 0.6) is 11.5 Å². The van der Waals surface area contributed by atoms with E-state index >= 15 is 0 Å². The number of carbonyl (C=O) groups excluding carboxylic acids is 1. The molecule has 3 rings (SSSR count). The van der Waals surface area contributed by atoms with Gasteiger partial charge in [-0.15, -0.1) is 0 Å². The van der Waals surface area contributed by atoms with Crippen LogP contribution in [0, 0.1) is 0 Å². The Hall–Kier alpha value is -2.50. The highest BCUT2D eigenvalue weighted by molar-refractivity contribution is 6.32. The topological polar surface area (TPSA) is 61.8 Å². The molecule has 6 heteroatoms. The number of ether oxygens (including phenoxy) is 1. The Balaban J connectivity index is 1.61. The summed E-state index contributed by atoms with van der Waals surface area (Å²) in [5.41, 5.74) is 2.99. The highest BCUT2D eigenvalue weighted by Crippen LogP contribution is 2.28. The maximum absolute atomic E-state index is 12.6. The Morgan fingerprint density at radius 2 is 2.00 bits per heavy atom. The van der Waals surface area contributed by atoms with Crippen molar-refractivity contribution < 1.29 is 14.6 Å². The highest BCUT2D eigenvalue weighted by Gasteiger charge is 2.23. The minimum Gasteiger partial charge on any atom is -0.508 e. The van der Waals surface area contributed by atoms with E-state index in [9.17, 15) is 9.90 Å². The van der Waals surface area contributed by atoms with Gasteiger partial charge in [0.1, 0.15) is 11.5 Å². The predicted octanol–water partition coefficient (Wildman–Crippen LogP) is 4.17. The number of phenolic OH excluding ortho intramolecular Hbond substituents is 1. The van der Waals surface area contributed by atoms with Gasteiger partial charge in [-0.25, -0.2) is 0 Å². The van der Waals surface area contributed by atoms with Gasteiger partial charge in [0.05, 0.1) is 18.2 Å². The number of halogens is 1. The molecule has 0 saturated carbocycles. The van der Waals surface area contributed by atoms with E-state index in [2.05, 4.69) is 16.3 Å². The van der Waals surface area contributed by atoms with Crippen molar-refractivity contribution >= 4 is 28.8 Å². The third kappa shape index (κ3) is 4.62. The molecule has 1 heterocycles. The summed E-state index contributed by atoms with van der Waals surface area (Å²) in [5.74, 6) is 0.768. The maximum atomic E-state index is 12.6. The van der Waals surface area contributed by atoms with E-state index in [-0.39, 0.29) is 17.7 Å². The molecule has 0 saturated heterocycles. The van der Waals surface area contributed by atoms with Gasteiger partial charge in [0.15, 0.2) is 0 Å². The summed E-state index contributed by atoms with van der Waals surface area (Å²) in [4.78, 5) is 14.7. The fraction of sp³-hybridized carbons (Fsp3) is 0.286. The lowest BCUT2D eigenvalue weighted by molar-refractivity contribution is -0.120. The second-order valence-electron chi connectivity index (χ2n) is 6.54. The number of nitrogens with zero attached hydrogens (tertiary/aromatic N) is 1. The summed E-state index contributed by atoms with van der Waals surface area (Å²) in [6.45, 7) is 3.40. The van der Waals surface area contributed by atoms with Crippen LogP contribution >= 0.6 is 11.6 Å². The summed E-state index contributed by atoms with van der Waals surface area (Å²) in [5, 5.41) is 12.8. The number of aromatic hydroxyl groups is 1. The Morgan fingerprint density at radius 3 is 2.59 bits per heavy atom. The molecule has 27 heavy (non-hydrogen) atoms. The molecular weight excluding hydrogens is 364 g/mol. The molecule has 2 aromatic rings. The SMILES string of the molecule is COc1ccc(NC(=O)C(C)N2CC=C(c3ccc(O)cc3)CC2)cc1Cl. The number of phenols is 1. The summed E-state index contributed by atoms with van der Waals surface area (Å²) in [7, 11) is 1.55. The Labute approximate surface area is 164 Å². The molecular formula is C21H23ClN2O3. The number of anilines is 1. The van der Waals surface area contributed by atoms with Crippen molar-refractivity contribution in [3.8, 4) is 11.5 Å². The molecule has 2 aromatic carbocycles. The van der Waals surface area contributed by atoms with Gasteiger partial charge in [0.2, 0.25) is 5.91 Å². The number of nitrogens with one attached hydrogen (secondary N) is 1. The lowest BCUT2D eigenvalue weighted by atomic mass is 9.98. The average molecular weight is 387 g/mol.